The van der Waals surface area contributed by atoms with Gasteiger partial charge in [-0.1, -0.05) is 42.5 Å². The summed E-state index contributed by atoms with van der Waals surface area (Å²) in [6, 6.07) is 18.8. The molecule has 6 rings (SSSR count). The van der Waals surface area contributed by atoms with Crippen molar-refractivity contribution >= 4 is 33.8 Å². The fourth-order valence-electron chi connectivity index (χ4n) is 5.49. The van der Waals surface area contributed by atoms with E-state index in [2.05, 4.69) is 55.4 Å². The molecule has 4 heterocycles. The fourth-order valence-corrected chi connectivity index (χ4v) is 5.49. The molecule has 2 fully saturated rings. The summed E-state index contributed by atoms with van der Waals surface area (Å²) >= 11 is 0. The molecule has 2 saturated heterocycles. The molecule has 180 valence electrons. The number of aromatic nitrogens is 2. The lowest BCUT2D eigenvalue weighted by atomic mass is 9.94. The molecule has 7 heteroatoms. The first kappa shape index (κ1) is 22.0. The molecule has 2 aliphatic rings. The summed E-state index contributed by atoms with van der Waals surface area (Å²) in [5.41, 5.74) is 3.77. The Morgan fingerprint density at radius 3 is 2.46 bits per heavy atom. The van der Waals surface area contributed by atoms with Crippen LogP contribution in [0.25, 0.3) is 22.1 Å². The number of furan rings is 1. The summed E-state index contributed by atoms with van der Waals surface area (Å²) in [4.78, 5) is 26.7. The van der Waals surface area contributed by atoms with Gasteiger partial charge in [-0.3, -0.25) is 9.69 Å². The van der Waals surface area contributed by atoms with Crippen molar-refractivity contribution in [2.45, 2.75) is 38.3 Å². The van der Waals surface area contributed by atoms with E-state index < -0.39 is 0 Å². The number of amides is 1. The Morgan fingerprint density at radius 2 is 1.66 bits per heavy atom. The van der Waals surface area contributed by atoms with Crippen molar-refractivity contribution in [2.75, 3.05) is 31.1 Å². The van der Waals surface area contributed by atoms with Crippen LogP contribution in [0.4, 0.5) is 5.82 Å². The number of nitrogens with one attached hydrogen (secondary N) is 1. The van der Waals surface area contributed by atoms with Gasteiger partial charge in [-0.15, -0.1) is 0 Å². The zero-order valence-corrected chi connectivity index (χ0v) is 19.9. The predicted octanol–water partition coefficient (Wildman–Crippen LogP) is 4.37. The molecule has 1 amide bonds. The van der Waals surface area contributed by atoms with E-state index in [1.807, 2.05) is 24.3 Å². The van der Waals surface area contributed by atoms with Gasteiger partial charge in [0.2, 0.25) is 5.91 Å². The number of rotatable bonds is 5. The Bertz CT molecular complexity index is 1300. The maximum atomic E-state index is 13.0. The second-order valence-electron chi connectivity index (χ2n) is 9.78. The molecule has 7 nitrogen and oxygen atoms in total. The summed E-state index contributed by atoms with van der Waals surface area (Å²) in [5, 5.41) is 4.36. The van der Waals surface area contributed by atoms with Crippen molar-refractivity contribution in [1.82, 2.24) is 20.2 Å². The summed E-state index contributed by atoms with van der Waals surface area (Å²) in [7, 11) is 0. The molecule has 0 spiro atoms. The van der Waals surface area contributed by atoms with E-state index in [9.17, 15) is 4.79 Å². The molecular formula is C28H31N5O2. The first-order valence-electron chi connectivity index (χ1n) is 12.7. The third-order valence-corrected chi connectivity index (χ3v) is 7.49. The highest BCUT2D eigenvalue weighted by Crippen LogP contribution is 2.33. The molecule has 2 aliphatic heterocycles. The van der Waals surface area contributed by atoms with Crippen LogP contribution in [-0.2, 0) is 11.3 Å². The number of fused-ring (bicyclic) bond motifs is 3. The number of carbonyl (C=O) groups excluding carboxylic acids is 1. The molecule has 2 aromatic heterocycles. The van der Waals surface area contributed by atoms with Crippen LogP contribution < -0.4 is 10.2 Å². The highest BCUT2D eigenvalue weighted by molar-refractivity contribution is 6.05. The number of likely N-dealkylation sites (tertiary alicyclic amines) is 1. The first-order chi connectivity index (χ1) is 17.2. The topological polar surface area (TPSA) is 74.5 Å². The van der Waals surface area contributed by atoms with Gasteiger partial charge in [-0.25, -0.2) is 9.97 Å². The van der Waals surface area contributed by atoms with Crippen LogP contribution >= 0.6 is 0 Å². The number of hydrogen-bond acceptors (Lipinski definition) is 6. The van der Waals surface area contributed by atoms with Gasteiger partial charge in [0.1, 0.15) is 17.4 Å². The first-order valence-corrected chi connectivity index (χ1v) is 12.7. The van der Waals surface area contributed by atoms with Gasteiger partial charge >= 0.3 is 0 Å². The van der Waals surface area contributed by atoms with Crippen molar-refractivity contribution in [1.29, 1.82) is 0 Å². The lowest BCUT2D eigenvalue weighted by Gasteiger charge is -2.35. The smallest absolute Gasteiger partial charge is 0.223 e. The monoisotopic (exact) mass is 469 g/mol. The van der Waals surface area contributed by atoms with Gasteiger partial charge in [-0.2, -0.15) is 0 Å². The summed E-state index contributed by atoms with van der Waals surface area (Å²) in [5.74, 6) is 1.10. The van der Waals surface area contributed by atoms with Crippen molar-refractivity contribution < 1.29 is 9.21 Å². The SMILES string of the molecule is O=C(NC1CCN(Cc2ccccc2)CC1)C1CCN(c2ncnc3c2oc2ccccc23)CC1. The van der Waals surface area contributed by atoms with Crippen molar-refractivity contribution in [2.24, 2.45) is 5.92 Å². The minimum absolute atomic E-state index is 0.0570. The molecule has 4 aromatic rings. The minimum Gasteiger partial charge on any atom is -0.450 e. The number of carbonyl (C=O) groups is 1. The van der Waals surface area contributed by atoms with Crippen LogP contribution in [0, 0.1) is 5.92 Å². The zero-order valence-electron chi connectivity index (χ0n) is 19.9. The van der Waals surface area contributed by atoms with Crippen molar-refractivity contribution in [3.8, 4) is 0 Å². The summed E-state index contributed by atoms with van der Waals surface area (Å²) in [6.45, 7) is 4.62. The Labute approximate surface area is 205 Å². The number of nitrogens with zero attached hydrogens (tertiary/aromatic N) is 4. The number of piperidine rings is 2. The second kappa shape index (κ2) is 9.66. The molecule has 0 atom stereocenters. The largest absolute Gasteiger partial charge is 0.450 e. The van der Waals surface area contributed by atoms with Gasteiger partial charge < -0.3 is 14.6 Å². The summed E-state index contributed by atoms with van der Waals surface area (Å²) in [6.07, 6.45) is 5.29. The van der Waals surface area contributed by atoms with Crippen LogP contribution in [0.5, 0.6) is 0 Å². The van der Waals surface area contributed by atoms with E-state index in [1.54, 1.807) is 6.33 Å². The second-order valence-corrected chi connectivity index (χ2v) is 9.78. The maximum Gasteiger partial charge on any atom is 0.223 e. The minimum atomic E-state index is 0.0570. The molecule has 0 saturated carbocycles. The van der Waals surface area contributed by atoms with Crippen molar-refractivity contribution in [3.63, 3.8) is 0 Å². The quantitative estimate of drug-likeness (QED) is 0.468. The normalized spacial score (nSPS) is 18.3. The number of benzene rings is 2. The van der Waals surface area contributed by atoms with Crippen LogP contribution in [-0.4, -0.2) is 53.0 Å². The van der Waals surface area contributed by atoms with E-state index in [0.29, 0.717) is 0 Å². The van der Waals surface area contributed by atoms with Gasteiger partial charge in [0.05, 0.1) is 0 Å². The molecule has 0 bridgehead atoms. The van der Waals surface area contributed by atoms with Crippen LogP contribution in [0.2, 0.25) is 0 Å². The van der Waals surface area contributed by atoms with Gasteiger partial charge in [-0.05, 0) is 43.4 Å². The molecule has 35 heavy (non-hydrogen) atoms. The lowest BCUT2D eigenvalue weighted by molar-refractivity contribution is -0.126. The number of anilines is 1. The Morgan fingerprint density at radius 1 is 0.914 bits per heavy atom. The van der Waals surface area contributed by atoms with E-state index in [1.165, 1.54) is 5.56 Å². The lowest BCUT2D eigenvalue weighted by Crippen LogP contribution is -2.48. The number of para-hydroxylation sites is 1. The standard InChI is InChI=1S/C28H31N5O2/c34-28(31-22-12-14-32(15-13-22)18-20-6-2-1-3-7-20)21-10-16-33(17-11-21)27-26-25(29-19-30-27)23-8-4-5-9-24(23)35-26/h1-9,19,21-22H,10-18H2,(H,31,34). The molecule has 0 radical (unpaired) electrons. The maximum absolute atomic E-state index is 13.0. The van der Waals surface area contributed by atoms with Gasteiger partial charge in [0.25, 0.3) is 0 Å². The molecule has 0 aliphatic carbocycles. The third kappa shape index (κ3) is 4.60. The van der Waals surface area contributed by atoms with Crippen LogP contribution in [0.15, 0.2) is 65.3 Å². The van der Waals surface area contributed by atoms with E-state index in [-0.39, 0.29) is 17.9 Å². The van der Waals surface area contributed by atoms with E-state index in [0.717, 1.165) is 86.3 Å². The molecule has 0 unspecified atom stereocenters. The van der Waals surface area contributed by atoms with Gasteiger partial charge in [0, 0.05) is 50.1 Å². The summed E-state index contributed by atoms with van der Waals surface area (Å²) < 4.78 is 6.11. The highest BCUT2D eigenvalue weighted by Gasteiger charge is 2.29. The third-order valence-electron chi connectivity index (χ3n) is 7.49. The average Bonchev–Trinajstić information content (AvgIpc) is 3.29. The van der Waals surface area contributed by atoms with Crippen LogP contribution in [0.3, 0.4) is 0 Å². The van der Waals surface area contributed by atoms with E-state index >= 15 is 0 Å². The molecular weight excluding hydrogens is 438 g/mol. The average molecular weight is 470 g/mol. The molecule has 2 aromatic carbocycles. The molecule has 1 N–H and O–H groups in total. The number of hydrogen-bond donors (Lipinski definition) is 1. The Balaban J connectivity index is 1.03. The van der Waals surface area contributed by atoms with Crippen molar-refractivity contribution in [3.05, 3.63) is 66.5 Å². The zero-order chi connectivity index (χ0) is 23.6. The Kier molecular flexibility index (Phi) is 6.08. The predicted molar refractivity (Wildman–Crippen MR) is 137 cm³/mol. The van der Waals surface area contributed by atoms with E-state index in [4.69, 9.17) is 4.42 Å². The van der Waals surface area contributed by atoms with Crippen LogP contribution in [0.1, 0.15) is 31.2 Å². The highest BCUT2D eigenvalue weighted by atomic mass is 16.3. The van der Waals surface area contributed by atoms with Gasteiger partial charge in [0.15, 0.2) is 11.4 Å². The fraction of sp³-hybridized carbons (Fsp3) is 0.393. The Hall–Kier alpha value is -3.45.